The zero-order valence-electron chi connectivity index (χ0n) is 9.64. The molecule has 6 heteroatoms. The van der Waals surface area contributed by atoms with Gasteiger partial charge in [0.05, 0.1) is 16.9 Å². The summed E-state index contributed by atoms with van der Waals surface area (Å²) in [7, 11) is 0. The molecule has 0 aliphatic heterocycles. The Morgan fingerprint density at radius 2 is 1.74 bits per heavy atom. The van der Waals surface area contributed by atoms with E-state index in [-0.39, 0.29) is 0 Å². The third-order valence-corrected chi connectivity index (χ3v) is 3.17. The van der Waals surface area contributed by atoms with Crippen molar-refractivity contribution in [2.24, 2.45) is 0 Å². The van der Waals surface area contributed by atoms with Crippen molar-refractivity contribution in [2.45, 2.75) is 0 Å². The third-order valence-electron chi connectivity index (χ3n) is 2.63. The second-order valence-corrected chi connectivity index (χ2v) is 4.81. The largest absolute Gasteiger partial charge is 0.384 e. The van der Waals surface area contributed by atoms with Crippen molar-refractivity contribution in [1.82, 2.24) is 15.0 Å². The van der Waals surface area contributed by atoms with Crippen molar-refractivity contribution < 1.29 is 0 Å². The van der Waals surface area contributed by atoms with Crippen LogP contribution in [0.5, 0.6) is 0 Å². The van der Waals surface area contributed by atoms with Crippen molar-refractivity contribution >= 4 is 40.2 Å². The average Bonchev–Trinajstić information content (AvgIpc) is 2.38. The predicted molar refractivity (Wildman–Crippen MR) is 77.2 cm³/mol. The monoisotopic (exact) mass is 290 g/mol. The Bertz CT molecular complexity index is 756. The van der Waals surface area contributed by atoms with Gasteiger partial charge in [-0.25, -0.2) is 15.0 Å². The highest BCUT2D eigenvalue weighted by Gasteiger charge is 2.08. The number of hydrogen-bond acceptors (Lipinski definition) is 4. The molecular formula is C13H8Cl2N4. The van der Waals surface area contributed by atoms with Gasteiger partial charge < -0.3 is 5.73 Å². The van der Waals surface area contributed by atoms with E-state index >= 15 is 0 Å². The average molecular weight is 291 g/mol. The van der Waals surface area contributed by atoms with Crippen LogP contribution < -0.4 is 5.73 Å². The van der Waals surface area contributed by atoms with Gasteiger partial charge in [0.25, 0.3) is 0 Å². The van der Waals surface area contributed by atoms with Crippen molar-refractivity contribution in [2.75, 3.05) is 5.73 Å². The summed E-state index contributed by atoms with van der Waals surface area (Å²) in [6.07, 6.45) is 1.65. The van der Waals surface area contributed by atoms with E-state index in [0.717, 1.165) is 5.56 Å². The van der Waals surface area contributed by atoms with Crippen molar-refractivity contribution in [3.05, 3.63) is 46.6 Å². The number of halogens is 2. The Morgan fingerprint density at radius 1 is 1.00 bits per heavy atom. The van der Waals surface area contributed by atoms with Gasteiger partial charge in [0.2, 0.25) is 0 Å². The van der Waals surface area contributed by atoms with Crippen molar-refractivity contribution in [3.8, 4) is 11.3 Å². The number of nitrogen functional groups attached to an aromatic ring is 1. The molecule has 0 saturated heterocycles. The molecule has 0 amide bonds. The van der Waals surface area contributed by atoms with Crippen LogP contribution in [0.15, 0.2) is 36.5 Å². The van der Waals surface area contributed by atoms with Gasteiger partial charge in [0, 0.05) is 16.7 Å². The molecule has 0 bridgehead atoms. The number of aromatic nitrogens is 3. The molecule has 2 aromatic heterocycles. The number of rotatable bonds is 1. The van der Waals surface area contributed by atoms with Gasteiger partial charge >= 0.3 is 0 Å². The molecule has 2 N–H and O–H groups in total. The lowest BCUT2D eigenvalue weighted by atomic mass is 10.1. The smallest absolute Gasteiger partial charge is 0.182 e. The molecule has 0 unspecified atom stereocenters. The van der Waals surface area contributed by atoms with Crippen LogP contribution in [0.1, 0.15) is 0 Å². The Hall–Kier alpha value is -1.91. The van der Waals surface area contributed by atoms with E-state index < -0.39 is 0 Å². The molecule has 19 heavy (non-hydrogen) atoms. The van der Waals surface area contributed by atoms with E-state index in [0.29, 0.717) is 32.7 Å². The summed E-state index contributed by atoms with van der Waals surface area (Å²) in [5.74, 6) is 0.319. The first-order valence-corrected chi connectivity index (χ1v) is 6.24. The topological polar surface area (TPSA) is 64.7 Å². The zero-order valence-corrected chi connectivity index (χ0v) is 11.2. The molecule has 0 saturated carbocycles. The van der Waals surface area contributed by atoms with Crippen LogP contribution in [0.3, 0.4) is 0 Å². The Kier molecular flexibility index (Phi) is 2.97. The van der Waals surface area contributed by atoms with Gasteiger partial charge in [-0.2, -0.15) is 0 Å². The van der Waals surface area contributed by atoms with Crippen LogP contribution in [0, 0.1) is 0 Å². The number of pyridine rings is 1. The van der Waals surface area contributed by atoms with Gasteiger partial charge in [-0.1, -0.05) is 35.3 Å². The van der Waals surface area contributed by atoms with Gasteiger partial charge in [-0.05, 0) is 12.1 Å². The predicted octanol–water partition coefficient (Wildman–Crippen LogP) is 3.58. The quantitative estimate of drug-likeness (QED) is 0.744. The van der Waals surface area contributed by atoms with E-state index in [1.54, 1.807) is 24.4 Å². The first-order valence-electron chi connectivity index (χ1n) is 5.48. The van der Waals surface area contributed by atoms with Crippen LogP contribution in [0.25, 0.3) is 22.4 Å². The molecule has 2 heterocycles. The van der Waals surface area contributed by atoms with E-state index in [2.05, 4.69) is 15.0 Å². The fourth-order valence-electron chi connectivity index (χ4n) is 1.74. The van der Waals surface area contributed by atoms with Crippen molar-refractivity contribution in [3.63, 3.8) is 0 Å². The molecule has 1 aromatic carbocycles. The van der Waals surface area contributed by atoms with Crippen LogP contribution in [-0.2, 0) is 0 Å². The minimum absolute atomic E-state index is 0.319. The van der Waals surface area contributed by atoms with E-state index in [1.807, 2.05) is 12.1 Å². The lowest BCUT2D eigenvalue weighted by molar-refractivity contribution is 1.23. The molecule has 3 aromatic rings. The zero-order chi connectivity index (χ0) is 13.4. The van der Waals surface area contributed by atoms with Crippen LogP contribution in [-0.4, -0.2) is 15.0 Å². The maximum Gasteiger partial charge on any atom is 0.182 e. The van der Waals surface area contributed by atoms with Crippen LogP contribution in [0.2, 0.25) is 10.0 Å². The lowest BCUT2D eigenvalue weighted by Gasteiger charge is -2.04. The highest BCUT2D eigenvalue weighted by Crippen LogP contribution is 2.24. The van der Waals surface area contributed by atoms with Crippen LogP contribution >= 0.6 is 23.2 Å². The summed E-state index contributed by atoms with van der Waals surface area (Å²) in [5.41, 5.74) is 8.21. The molecule has 0 atom stereocenters. The Balaban J connectivity index is 2.18. The summed E-state index contributed by atoms with van der Waals surface area (Å²) < 4.78 is 0. The molecular weight excluding hydrogens is 283 g/mol. The number of nitrogens with two attached hydrogens (primary N) is 1. The fraction of sp³-hybridized carbons (Fsp3) is 0. The second-order valence-electron chi connectivity index (χ2n) is 3.96. The molecule has 94 valence electrons. The first kappa shape index (κ1) is 12.1. The summed E-state index contributed by atoms with van der Waals surface area (Å²) >= 11 is 11.9. The maximum atomic E-state index is 6.04. The summed E-state index contributed by atoms with van der Waals surface area (Å²) in [6.45, 7) is 0. The number of benzene rings is 1. The highest BCUT2D eigenvalue weighted by atomic mass is 35.5. The van der Waals surface area contributed by atoms with E-state index in [4.69, 9.17) is 28.9 Å². The summed E-state index contributed by atoms with van der Waals surface area (Å²) in [6, 6.07) is 8.88. The molecule has 0 radical (unpaired) electrons. The van der Waals surface area contributed by atoms with Gasteiger partial charge in [0.15, 0.2) is 5.65 Å². The van der Waals surface area contributed by atoms with Gasteiger partial charge in [0.1, 0.15) is 11.3 Å². The second kappa shape index (κ2) is 4.64. The minimum Gasteiger partial charge on any atom is -0.384 e. The molecule has 0 spiro atoms. The normalized spacial score (nSPS) is 10.8. The molecule has 0 aliphatic rings. The Labute approximate surface area is 119 Å². The number of anilines is 1. The molecule has 3 rings (SSSR count). The van der Waals surface area contributed by atoms with Crippen LogP contribution in [0.4, 0.5) is 5.82 Å². The van der Waals surface area contributed by atoms with Crippen molar-refractivity contribution in [1.29, 1.82) is 0 Å². The highest BCUT2D eigenvalue weighted by molar-refractivity contribution is 6.35. The third kappa shape index (κ3) is 2.32. The summed E-state index contributed by atoms with van der Waals surface area (Å²) in [5, 5.41) is 1.11. The molecule has 0 fully saturated rings. The SMILES string of the molecule is Nc1cc(Cl)c2ncc(-c3ccc(Cl)cc3)nc2n1. The summed E-state index contributed by atoms with van der Waals surface area (Å²) in [4.78, 5) is 12.8. The van der Waals surface area contributed by atoms with E-state index in [1.165, 1.54) is 0 Å². The minimum atomic E-state index is 0.319. The number of hydrogen-bond donors (Lipinski definition) is 1. The van der Waals surface area contributed by atoms with Gasteiger partial charge in [-0.3, -0.25) is 0 Å². The fourth-order valence-corrected chi connectivity index (χ4v) is 2.11. The maximum absolute atomic E-state index is 6.04. The standard InChI is InChI=1S/C13H8Cl2N4/c14-8-3-1-7(2-4-8)10-6-17-12-9(15)5-11(16)19-13(12)18-10/h1-6H,(H2,16,18,19). The van der Waals surface area contributed by atoms with Gasteiger partial charge in [-0.15, -0.1) is 0 Å². The number of fused-ring (bicyclic) bond motifs is 1. The lowest BCUT2D eigenvalue weighted by Crippen LogP contribution is -1.96. The molecule has 4 nitrogen and oxygen atoms in total. The first-order chi connectivity index (χ1) is 9.13. The Morgan fingerprint density at radius 3 is 2.47 bits per heavy atom. The van der Waals surface area contributed by atoms with E-state index in [9.17, 15) is 0 Å². The number of nitrogens with zero attached hydrogens (tertiary/aromatic N) is 3. The molecule has 0 aliphatic carbocycles.